The van der Waals surface area contributed by atoms with Gasteiger partial charge >= 0.3 is 5.97 Å². The number of thiocarbonyl (C=S) groups is 1. The molecule has 1 amide bonds. The molecule has 0 saturated carbocycles. The quantitative estimate of drug-likeness (QED) is 0.292. The lowest BCUT2D eigenvalue weighted by molar-refractivity contribution is -0.144. The number of unbranched alkanes of at least 4 members (excludes halogenated alkanes) is 2. The standard InChI is InChI=1S/C19H23NO3S2/c1-3-4-5-12-23-17(21)10-11-20-18(22)16(25-19(20)24)13-15-8-6-14(2)7-9-15/h6-9,13H,3-5,10-12H2,1-2H3/b16-13+. The highest BCUT2D eigenvalue weighted by molar-refractivity contribution is 8.26. The van der Waals surface area contributed by atoms with E-state index in [1.807, 2.05) is 37.3 Å². The highest BCUT2D eigenvalue weighted by Crippen LogP contribution is 2.32. The predicted octanol–water partition coefficient (Wildman–Crippen LogP) is 4.32. The summed E-state index contributed by atoms with van der Waals surface area (Å²) in [5.74, 6) is -0.429. The van der Waals surface area contributed by atoms with Crippen molar-refractivity contribution in [3.8, 4) is 0 Å². The minimum Gasteiger partial charge on any atom is -0.466 e. The van der Waals surface area contributed by atoms with Gasteiger partial charge in [0, 0.05) is 6.54 Å². The average Bonchev–Trinajstić information content (AvgIpc) is 2.85. The van der Waals surface area contributed by atoms with Gasteiger partial charge in [-0.1, -0.05) is 73.6 Å². The fourth-order valence-electron chi connectivity index (χ4n) is 2.32. The summed E-state index contributed by atoms with van der Waals surface area (Å²) in [6, 6.07) is 7.94. The molecule has 0 bridgehead atoms. The second-order valence-corrected chi connectivity index (χ2v) is 7.60. The van der Waals surface area contributed by atoms with Crippen LogP contribution >= 0.6 is 24.0 Å². The first kappa shape index (κ1) is 19.7. The molecule has 1 aliphatic rings. The van der Waals surface area contributed by atoms with E-state index in [1.165, 1.54) is 22.2 Å². The maximum atomic E-state index is 12.5. The van der Waals surface area contributed by atoms with Gasteiger partial charge in [-0.25, -0.2) is 0 Å². The Morgan fingerprint density at radius 3 is 2.68 bits per heavy atom. The Morgan fingerprint density at radius 2 is 2.00 bits per heavy atom. The van der Waals surface area contributed by atoms with Crippen LogP contribution in [0.2, 0.25) is 0 Å². The summed E-state index contributed by atoms with van der Waals surface area (Å²) in [6.07, 6.45) is 5.01. The Balaban J connectivity index is 1.88. The Hall–Kier alpha value is -1.66. The lowest BCUT2D eigenvalue weighted by Crippen LogP contribution is -2.30. The minimum absolute atomic E-state index is 0.144. The monoisotopic (exact) mass is 377 g/mol. The van der Waals surface area contributed by atoms with E-state index < -0.39 is 0 Å². The van der Waals surface area contributed by atoms with Crippen molar-refractivity contribution in [3.63, 3.8) is 0 Å². The zero-order valence-electron chi connectivity index (χ0n) is 14.6. The Labute approximate surface area is 158 Å². The topological polar surface area (TPSA) is 46.6 Å². The molecule has 0 unspecified atom stereocenters. The van der Waals surface area contributed by atoms with E-state index in [0.29, 0.717) is 15.8 Å². The summed E-state index contributed by atoms with van der Waals surface area (Å²) in [6.45, 7) is 4.83. The zero-order chi connectivity index (χ0) is 18.2. The smallest absolute Gasteiger partial charge is 0.307 e. The number of rotatable bonds is 8. The molecule has 134 valence electrons. The number of carbonyl (C=O) groups is 2. The predicted molar refractivity (Wildman–Crippen MR) is 106 cm³/mol. The van der Waals surface area contributed by atoms with Crippen molar-refractivity contribution in [2.75, 3.05) is 13.2 Å². The molecule has 4 nitrogen and oxygen atoms in total. The number of hydrogen-bond acceptors (Lipinski definition) is 5. The van der Waals surface area contributed by atoms with E-state index in [-0.39, 0.29) is 24.8 Å². The number of hydrogen-bond donors (Lipinski definition) is 0. The third kappa shape index (κ3) is 5.97. The normalized spacial score (nSPS) is 15.9. The number of carbonyl (C=O) groups excluding carboxylic acids is 2. The van der Waals surface area contributed by atoms with Crippen LogP contribution in [0.1, 0.15) is 43.7 Å². The molecule has 1 fully saturated rings. The second-order valence-electron chi connectivity index (χ2n) is 5.92. The first-order valence-corrected chi connectivity index (χ1v) is 9.71. The summed E-state index contributed by atoms with van der Waals surface area (Å²) in [4.78, 5) is 26.3. The highest BCUT2D eigenvalue weighted by Gasteiger charge is 2.32. The van der Waals surface area contributed by atoms with Crippen molar-refractivity contribution in [2.45, 2.75) is 39.5 Å². The summed E-state index contributed by atoms with van der Waals surface area (Å²) >= 11 is 6.55. The highest BCUT2D eigenvalue weighted by atomic mass is 32.2. The van der Waals surface area contributed by atoms with Gasteiger partial charge in [-0.2, -0.15) is 0 Å². The van der Waals surface area contributed by atoms with Crippen LogP contribution in [0.25, 0.3) is 6.08 Å². The van der Waals surface area contributed by atoms with Crippen LogP contribution in [0.4, 0.5) is 0 Å². The molecule has 1 aromatic rings. The SMILES string of the molecule is CCCCCOC(=O)CCN1C(=O)/C(=C\c2ccc(C)cc2)SC1=S. The summed E-state index contributed by atoms with van der Waals surface area (Å²) in [7, 11) is 0. The largest absolute Gasteiger partial charge is 0.466 e. The molecule has 0 spiro atoms. The number of nitrogens with zero attached hydrogens (tertiary/aromatic N) is 1. The van der Waals surface area contributed by atoms with Gasteiger partial charge in [0.15, 0.2) is 0 Å². The molecule has 1 aromatic carbocycles. The number of ether oxygens (including phenoxy) is 1. The lowest BCUT2D eigenvalue weighted by Gasteiger charge is -2.13. The molecule has 6 heteroatoms. The number of amides is 1. The number of benzene rings is 1. The molecular formula is C19H23NO3S2. The van der Waals surface area contributed by atoms with Crippen LogP contribution in [0.5, 0.6) is 0 Å². The maximum absolute atomic E-state index is 12.5. The minimum atomic E-state index is -0.285. The molecule has 0 atom stereocenters. The van der Waals surface area contributed by atoms with Gasteiger partial charge in [0.1, 0.15) is 4.32 Å². The first-order valence-electron chi connectivity index (χ1n) is 8.49. The molecular weight excluding hydrogens is 354 g/mol. The van der Waals surface area contributed by atoms with Crippen molar-refractivity contribution >= 4 is 46.3 Å². The molecule has 2 rings (SSSR count). The molecule has 0 aliphatic carbocycles. The molecule has 1 heterocycles. The summed E-state index contributed by atoms with van der Waals surface area (Å²) < 4.78 is 5.65. The van der Waals surface area contributed by atoms with Gasteiger partial charge in [0.05, 0.1) is 17.9 Å². The van der Waals surface area contributed by atoms with E-state index in [1.54, 1.807) is 0 Å². The molecule has 0 radical (unpaired) electrons. The maximum Gasteiger partial charge on any atom is 0.307 e. The van der Waals surface area contributed by atoms with Gasteiger partial charge in [-0.05, 0) is 25.0 Å². The van der Waals surface area contributed by atoms with Gasteiger partial charge in [0.2, 0.25) is 0 Å². The number of esters is 1. The summed E-state index contributed by atoms with van der Waals surface area (Å²) in [5.41, 5.74) is 2.13. The van der Waals surface area contributed by atoms with Crippen LogP contribution in [0.15, 0.2) is 29.2 Å². The first-order chi connectivity index (χ1) is 12.0. The van der Waals surface area contributed by atoms with Crippen molar-refractivity contribution < 1.29 is 14.3 Å². The molecule has 1 saturated heterocycles. The van der Waals surface area contributed by atoms with Gasteiger partial charge in [0.25, 0.3) is 5.91 Å². The van der Waals surface area contributed by atoms with Crippen LogP contribution in [0, 0.1) is 6.92 Å². The van der Waals surface area contributed by atoms with Crippen molar-refractivity contribution in [1.29, 1.82) is 0 Å². The lowest BCUT2D eigenvalue weighted by atomic mass is 10.1. The molecule has 0 N–H and O–H groups in total. The third-order valence-corrected chi connectivity index (χ3v) is 5.18. The van der Waals surface area contributed by atoms with Gasteiger partial charge in [-0.15, -0.1) is 0 Å². The van der Waals surface area contributed by atoms with Crippen molar-refractivity contribution in [1.82, 2.24) is 4.90 Å². The van der Waals surface area contributed by atoms with E-state index in [4.69, 9.17) is 17.0 Å². The molecule has 0 aromatic heterocycles. The van der Waals surface area contributed by atoms with Crippen LogP contribution in [-0.2, 0) is 14.3 Å². The average molecular weight is 378 g/mol. The fraction of sp³-hybridized carbons (Fsp3) is 0.421. The zero-order valence-corrected chi connectivity index (χ0v) is 16.3. The van der Waals surface area contributed by atoms with Gasteiger partial charge < -0.3 is 4.74 Å². The van der Waals surface area contributed by atoms with Crippen LogP contribution in [-0.4, -0.2) is 34.2 Å². The molecule has 25 heavy (non-hydrogen) atoms. The Kier molecular flexibility index (Phi) is 7.65. The van der Waals surface area contributed by atoms with E-state index >= 15 is 0 Å². The Bertz CT molecular complexity index is 668. The van der Waals surface area contributed by atoms with Gasteiger partial charge in [-0.3, -0.25) is 14.5 Å². The number of aryl methyl sites for hydroxylation is 1. The fourth-order valence-corrected chi connectivity index (χ4v) is 3.63. The number of thioether (sulfide) groups is 1. The summed E-state index contributed by atoms with van der Waals surface area (Å²) in [5, 5.41) is 0. The van der Waals surface area contributed by atoms with Crippen molar-refractivity contribution in [2.24, 2.45) is 0 Å². The third-order valence-electron chi connectivity index (χ3n) is 3.80. The van der Waals surface area contributed by atoms with E-state index in [2.05, 4.69) is 6.92 Å². The second kappa shape index (κ2) is 9.73. The van der Waals surface area contributed by atoms with Crippen molar-refractivity contribution in [3.05, 3.63) is 40.3 Å². The van der Waals surface area contributed by atoms with Crippen LogP contribution in [0.3, 0.4) is 0 Å². The van der Waals surface area contributed by atoms with E-state index in [0.717, 1.165) is 24.8 Å². The van der Waals surface area contributed by atoms with E-state index in [9.17, 15) is 9.59 Å². The Morgan fingerprint density at radius 1 is 1.28 bits per heavy atom. The van der Waals surface area contributed by atoms with Crippen LogP contribution < -0.4 is 0 Å². The molecule has 1 aliphatic heterocycles.